The Hall–Kier alpha value is -1.71. The first-order chi connectivity index (χ1) is 11.2. The number of hydrogen-bond acceptors (Lipinski definition) is 5. The molecule has 0 bridgehead atoms. The Morgan fingerprint density at radius 1 is 1.25 bits per heavy atom. The summed E-state index contributed by atoms with van der Waals surface area (Å²) in [5.74, 6) is -1.28. The first-order valence-electron chi connectivity index (χ1n) is 7.53. The van der Waals surface area contributed by atoms with Gasteiger partial charge in [-0.25, -0.2) is 12.8 Å². The molecule has 1 fully saturated rings. The molecule has 1 saturated heterocycles. The summed E-state index contributed by atoms with van der Waals surface area (Å²) in [7, 11) is 1.31. The van der Waals surface area contributed by atoms with Crippen LogP contribution in [0, 0.1) is 5.82 Å². The Labute approximate surface area is 141 Å². The van der Waals surface area contributed by atoms with Crippen molar-refractivity contribution in [3.8, 4) is 5.75 Å². The second kappa shape index (κ2) is 7.45. The quantitative estimate of drug-likeness (QED) is 0.753. The first kappa shape index (κ1) is 18.6. The van der Waals surface area contributed by atoms with Crippen molar-refractivity contribution in [3.63, 3.8) is 0 Å². The van der Waals surface area contributed by atoms with Gasteiger partial charge in [0.05, 0.1) is 4.90 Å². The summed E-state index contributed by atoms with van der Waals surface area (Å²) in [6.45, 7) is 1.70. The summed E-state index contributed by atoms with van der Waals surface area (Å²) < 4.78 is 45.7. The minimum absolute atomic E-state index is 0.115. The topological polar surface area (TPSA) is 70.2 Å². The Morgan fingerprint density at radius 3 is 2.42 bits per heavy atom. The van der Waals surface area contributed by atoms with Gasteiger partial charge in [0.25, 0.3) is 5.91 Å². The lowest BCUT2D eigenvalue weighted by molar-refractivity contribution is -0.130. The molecule has 1 aliphatic rings. The zero-order chi connectivity index (χ0) is 17.9. The maximum Gasteiger partial charge on any atom is 0.259 e. The van der Waals surface area contributed by atoms with Crippen LogP contribution in [0.25, 0.3) is 0 Å². The van der Waals surface area contributed by atoms with Crippen molar-refractivity contribution in [2.75, 3.05) is 53.9 Å². The molecule has 7 nitrogen and oxygen atoms in total. The molecule has 1 aliphatic heterocycles. The van der Waals surface area contributed by atoms with Gasteiger partial charge in [0.1, 0.15) is 0 Å². The minimum Gasteiger partial charge on any atom is -0.481 e. The van der Waals surface area contributed by atoms with Crippen LogP contribution < -0.4 is 4.74 Å². The van der Waals surface area contributed by atoms with Gasteiger partial charge in [-0.05, 0) is 25.2 Å². The van der Waals surface area contributed by atoms with Gasteiger partial charge in [-0.1, -0.05) is 0 Å². The van der Waals surface area contributed by atoms with E-state index < -0.39 is 15.8 Å². The van der Waals surface area contributed by atoms with E-state index in [1.165, 1.54) is 21.3 Å². The fourth-order valence-corrected chi connectivity index (χ4v) is 3.64. The summed E-state index contributed by atoms with van der Waals surface area (Å²) >= 11 is 0. The molecule has 1 aromatic carbocycles. The van der Waals surface area contributed by atoms with Gasteiger partial charge in [0, 0.05) is 40.3 Å². The molecular weight excluding hydrogens is 337 g/mol. The van der Waals surface area contributed by atoms with Crippen LogP contribution >= 0.6 is 0 Å². The minimum atomic E-state index is -3.73. The number of hydrogen-bond donors (Lipinski definition) is 0. The molecule has 1 aromatic rings. The van der Waals surface area contributed by atoms with Crippen molar-refractivity contribution >= 4 is 15.9 Å². The van der Waals surface area contributed by atoms with Crippen molar-refractivity contribution in [1.82, 2.24) is 14.1 Å². The fourth-order valence-electron chi connectivity index (χ4n) is 2.21. The van der Waals surface area contributed by atoms with E-state index >= 15 is 0 Å². The molecule has 0 spiro atoms. The van der Waals surface area contributed by atoms with Gasteiger partial charge in [0.15, 0.2) is 18.2 Å². The number of benzene rings is 1. The van der Waals surface area contributed by atoms with E-state index in [1.807, 2.05) is 11.9 Å². The Bertz CT molecular complexity index is 701. The molecule has 0 saturated carbocycles. The molecular formula is C15H22FN3O4S. The highest BCUT2D eigenvalue weighted by molar-refractivity contribution is 7.89. The zero-order valence-corrected chi connectivity index (χ0v) is 14.8. The van der Waals surface area contributed by atoms with Gasteiger partial charge < -0.3 is 14.5 Å². The van der Waals surface area contributed by atoms with Crippen molar-refractivity contribution in [2.45, 2.75) is 4.90 Å². The van der Waals surface area contributed by atoms with Crippen LogP contribution in [0.4, 0.5) is 4.39 Å². The zero-order valence-electron chi connectivity index (χ0n) is 14.0. The van der Waals surface area contributed by atoms with E-state index in [0.717, 1.165) is 6.07 Å². The third-order valence-corrected chi connectivity index (χ3v) is 5.75. The van der Waals surface area contributed by atoms with E-state index in [4.69, 9.17) is 4.74 Å². The van der Waals surface area contributed by atoms with Gasteiger partial charge in [-0.15, -0.1) is 0 Å². The number of halogens is 1. The molecule has 134 valence electrons. The molecule has 0 radical (unpaired) electrons. The number of piperazine rings is 1. The van der Waals surface area contributed by atoms with E-state index in [0.29, 0.717) is 26.2 Å². The van der Waals surface area contributed by atoms with Crippen molar-refractivity contribution in [2.24, 2.45) is 0 Å². The van der Waals surface area contributed by atoms with Crippen molar-refractivity contribution in [1.29, 1.82) is 0 Å². The van der Waals surface area contributed by atoms with Crippen LogP contribution in [0.1, 0.15) is 0 Å². The van der Waals surface area contributed by atoms with Gasteiger partial charge in [-0.2, -0.15) is 4.31 Å². The highest BCUT2D eigenvalue weighted by Crippen LogP contribution is 2.24. The number of sulfonamides is 1. The standard InChI is InChI=1S/C15H22FN3O4S/c1-17(2)15(20)11-23-14-5-4-12(10-13(14)16)24(21,22)19-8-6-18(3)7-9-19/h4-5,10H,6-9,11H2,1-3H3. The first-order valence-corrected chi connectivity index (χ1v) is 8.97. The number of likely N-dealkylation sites (N-methyl/N-ethyl adjacent to an activating group) is 2. The van der Waals surface area contributed by atoms with E-state index in [9.17, 15) is 17.6 Å². The van der Waals surface area contributed by atoms with Crippen molar-refractivity contribution in [3.05, 3.63) is 24.0 Å². The van der Waals surface area contributed by atoms with Gasteiger partial charge in [-0.3, -0.25) is 4.79 Å². The highest BCUT2D eigenvalue weighted by Gasteiger charge is 2.28. The molecule has 0 aliphatic carbocycles. The Morgan fingerprint density at radius 2 is 1.88 bits per heavy atom. The molecule has 24 heavy (non-hydrogen) atoms. The van der Waals surface area contributed by atoms with Gasteiger partial charge in [0.2, 0.25) is 10.0 Å². The summed E-state index contributed by atoms with van der Waals surface area (Å²) in [5, 5.41) is 0. The van der Waals surface area contributed by atoms with Crippen LogP contribution in [0.15, 0.2) is 23.1 Å². The number of amides is 1. The van der Waals surface area contributed by atoms with E-state index in [-0.39, 0.29) is 23.2 Å². The van der Waals surface area contributed by atoms with E-state index in [1.54, 1.807) is 14.1 Å². The fraction of sp³-hybridized carbons (Fsp3) is 0.533. The molecule has 9 heteroatoms. The molecule has 0 aromatic heterocycles. The molecule has 1 heterocycles. The maximum absolute atomic E-state index is 14.1. The molecule has 2 rings (SSSR count). The van der Waals surface area contributed by atoms with Crippen LogP contribution in [-0.4, -0.2) is 82.4 Å². The predicted octanol–water partition coefficient (Wildman–Crippen LogP) is 0.229. The van der Waals surface area contributed by atoms with Gasteiger partial charge >= 0.3 is 0 Å². The maximum atomic E-state index is 14.1. The Balaban J connectivity index is 2.12. The van der Waals surface area contributed by atoms with Crippen LogP contribution in [0.5, 0.6) is 5.75 Å². The molecule has 1 amide bonds. The highest BCUT2D eigenvalue weighted by atomic mass is 32.2. The van der Waals surface area contributed by atoms with E-state index in [2.05, 4.69) is 0 Å². The van der Waals surface area contributed by atoms with Crippen LogP contribution in [-0.2, 0) is 14.8 Å². The van der Waals surface area contributed by atoms with Crippen molar-refractivity contribution < 1.29 is 22.3 Å². The SMILES string of the molecule is CN1CCN(S(=O)(=O)c2ccc(OCC(=O)N(C)C)c(F)c2)CC1. The lowest BCUT2D eigenvalue weighted by Gasteiger charge is -2.31. The summed E-state index contributed by atoms with van der Waals surface area (Å²) in [6, 6.07) is 3.47. The number of rotatable bonds is 5. The third-order valence-electron chi connectivity index (χ3n) is 3.85. The average molecular weight is 359 g/mol. The average Bonchev–Trinajstić information content (AvgIpc) is 2.53. The summed E-state index contributed by atoms with van der Waals surface area (Å²) in [4.78, 5) is 14.7. The third kappa shape index (κ3) is 4.22. The lowest BCUT2D eigenvalue weighted by atomic mass is 10.3. The number of carbonyl (C=O) groups excluding carboxylic acids is 1. The summed E-state index contributed by atoms with van der Waals surface area (Å²) in [5.41, 5.74) is 0. The molecule has 0 unspecified atom stereocenters. The largest absolute Gasteiger partial charge is 0.481 e. The smallest absolute Gasteiger partial charge is 0.259 e. The second-order valence-electron chi connectivity index (χ2n) is 5.88. The lowest BCUT2D eigenvalue weighted by Crippen LogP contribution is -2.47. The number of ether oxygens (including phenoxy) is 1. The van der Waals surface area contributed by atoms with Crippen LogP contribution in [0.3, 0.4) is 0 Å². The monoisotopic (exact) mass is 359 g/mol. The van der Waals surface area contributed by atoms with Crippen LogP contribution in [0.2, 0.25) is 0 Å². The normalized spacial score (nSPS) is 16.8. The number of nitrogens with zero attached hydrogens (tertiary/aromatic N) is 3. The molecule has 0 N–H and O–H groups in total. The molecule has 0 atom stereocenters. The summed E-state index contributed by atoms with van der Waals surface area (Å²) in [6.07, 6.45) is 0. The second-order valence-corrected chi connectivity index (χ2v) is 7.81. The Kier molecular flexibility index (Phi) is 5.79. The number of carbonyl (C=O) groups is 1. The predicted molar refractivity (Wildman–Crippen MR) is 86.8 cm³/mol.